The first-order valence-electron chi connectivity index (χ1n) is 5.75. The molecule has 2 aromatic rings. The van der Waals surface area contributed by atoms with E-state index in [1.807, 2.05) is 18.2 Å². The minimum Gasteiger partial charge on any atom is -0.481 e. The highest BCUT2D eigenvalue weighted by Crippen LogP contribution is 2.45. The molecule has 0 amide bonds. The van der Waals surface area contributed by atoms with Crippen LogP contribution in [0.3, 0.4) is 0 Å². The summed E-state index contributed by atoms with van der Waals surface area (Å²) in [4.78, 5) is 10.7. The van der Waals surface area contributed by atoms with Crippen LogP contribution in [0.15, 0.2) is 42.5 Å². The zero-order valence-corrected chi connectivity index (χ0v) is 9.56. The Kier molecular flexibility index (Phi) is 2.40. The van der Waals surface area contributed by atoms with E-state index in [9.17, 15) is 9.18 Å². The number of hydrogen-bond donors (Lipinski definition) is 1. The second-order valence-corrected chi connectivity index (χ2v) is 4.44. The van der Waals surface area contributed by atoms with E-state index in [0.29, 0.717) is 16.7 Å². The molecule has 0 spiro atoms. The Labute approximate surface area is 104 Å². The lowest BCUT2D eigenvalue weighted by Gasteiger charge is -2.04. The maximum absolute atomic E-state index is 14.2. The zero-order valence-electron chi connectivity index (χ0n) is 9.56. The average Bonchev–Trinajstić information content (AvgIpc) is 2.63. The number of halogens is 1. The van der Waals surface area contributed by atoms with Gasteiger partial charge >= 0.3 is 5.97 Å². The van der Waals surface area contributed by atoms with Gasteiger partial charge in [0.15, 0.2) is 6.17 Å². The molecule has 1 aliphatic rings. The zero-order chi connectivity index (χ0) is 12.7. The highest BCUT2D eigenvalue weighted by molar-refractivity contribution is 5.80. The van der Waals surface area contributed by atoms with Crippen molar-refractivity contribution in [2.45, 2.75) is 12.6 Å². The van der Waals surface area contributed by atoms with Crippen LogP contribution >= 0.6 is 0 Å². The summed E-state index contributed by atoms with van der Waals surface area (Å²) in [7, 11) is 0. The lowest BCUT2D eigenvalue weighted by molar-refractivity contribution is -0.136. The summed E-state index contributed by atoms with van der Waals surface area (Å²) in [5.74, 6) is -0.877. The molecule has 0 saturated carbocycles. The molecule has 18 heavy (non-hydrogen) atoms. The van der Waals surface area contributed by atoms with Crippen LogP contribution in [0.2, 0.25) is 0 Å². The fourth-order valence-electron chi connectivity index (χ4n) is 2.47. The highest BCUT2D eigenvalue weighted by atomic mass is 19.1. The Bertz CT molecular complexity index is 634. The largest absolute Gasteiger partial charge is 0.481 e. The van der Waals surface area contributed by atoms with Crippen LogP contribution in [-0.4, -0.2) is 11.1 Å². The number of carbonyl (C=O) groups is 1. The minimum absolute atomic E-state index is 0.0353. The third-order valence-electron chi connectivity index (χ3n) is 3.27. The van der Waals surface area contributed by atoms with Crippen molar-refractivity contribution >= 4 is 5.97 Å². The first-order chi connectivity index (χ1) is 8.66. The normalized spacial score (nSPS) is 16.2. The molecule has 3 rings (SSSR count). The average molecular weight is 242 g/mol. The number of carboxylic acid groups (broad SMARTS) is 1. The Balaban J connectivity index is 2.13. The molecule has 0 aliphatic heterocycles. The molecule has 2 nitrogen and oxygen atoms in total. The van der Waals surface area contributed by atoms with Crippen molar-refractivity contribution in [3.05, 3.63) is 59.2 Å². The standard InChI is InChI=1S/C15H11FO2/c16-15-11-4-2-1-3-10(11)13-7-9(8-14(17)18)5-6-12(13)15/h1-7,15H,8H2,(H,17,18). The van der Waals surface area contributed by atoms with Crippen molar-refractivity contribution in [1.82, 2.24) is 0 Å². The summed E-state index contributed by atoms with van der Waals surface area (Å²) in [5, 5.41) is 8.79. The summed E-state index contributed by atoms with van der Waals surface area (Å²) in [6.07, 6.45) is -1.14. The number of hydrogen-bond acceptors (Lipinski definition) is 1. The van der Waals surface area contributed by atoms with E-state index in [1.54, 1.807) is 24.3 Å². The summed E-state index contributed by atoms with van der Waals surface area (Å²) in [6.45, 7) is 0. The third-order valence-corrected chi connectivity index (χ3v) is 3.27. The molecule has 0 fully saturated rings. The van der Waals surface area contributed by atoms with E-state index in [-0.39, 0.29) is 6.42 Å². The molecular weight excluding hydrogens is 231 g/mol. The molecular formula is C15H11FO2. The van der Waals surface area contributed by atoms with Crippen LogP contribution in [0, 0.1) is 0 Å². The van der Waals surface area contributed by atoms with Crippen molar-refractivity contribution < 1.29 is 14.3 Å². The third kappa shape index (κ3) is 1.59. The molecule has 1 N–H and O–H groups in total. The SMILES string of the molecule is O=C(O)Cc1ccc2c(c1)-c1ccccc1C2F. The smallest absolute Gasteiger partial charge is 0.307 e. The number of fused-ring (bicyclic) bond motifs is 3. The van der Waals surface area contributed by atoms with Gasteiger partial charge in [0.25, 0.3) is 0 Å². The first kappa shape index (κ1) is 11.0. The molecule has 0 saturated heterocycles. The van der Waals surface area contributed by atoms with E-state index in [1.165, 1.54) is 0 Å². The minimum atomic E-state index is -1.10. The number of rotatable bonds is 2. The number of benzene rings is 2. The summed E-state index contributed by atoms with van der Waals surface area (Å²) < 4.78 is 14.2. The Morgan fingerprint density at radius 3 is 2.61 bits per heavy atom. The fraction of sp³-hybridized carbons (Fsp3) is 0.133. The van der Waals surface area contributed by atoms with Crippen molar-refractivity contribution in [3.8, 4) is 11.1 Å². The predicted octanol–water partition coefficient (Wildman–Crippen LogP) is 3.35. The van der Waals surface area contributed by atoms with Gasteiger partial charge in [-0.25, -0.2) is 4.39 Å². The van der Waals surface area contributed by atoms with Crippen molar-refractivity contribution in [3.63, 3.8) is 0 Å². The van der Waals surface area contributed by atoms with Crippen molar-refractivity contribution in [1.29, 1.82) is 0 Å². The molecule has 1 atom stereocenters. The van der Waals surface area contributed by atoms with Gasteiger partial charge in [0.1, 0.15) is 0 Å². The van der Waals surface area contributed by atoms with Gasteiger partial charge in [-0.15, -0.1) is 0 Å². The van der Waals surface area contributed by atoms with Gasteiger partial charge in [-0.1, -0.05) is 42.5 Å². The maximum atomic E-state index is 14.2. The Hall–Kier alpha value is -2.16. The molecule has 1 aliphatic carbocycles. The lowest BCUT2D eigenvalue weighted by Crippen LogP contribution is -2.00. The van der Waals surface area contributed by atoms with Crippen molar-refractivity contribution in [2.24, 2.45) is 0 Å². The topological polar surface area (TPSA) is 37.3 Å². The van der Waals surface area contributed by atoms with Crippen LogP contribution in [0.5, 0.6) is 0 Å². The number of carboxylic acids is 1. The van der Waals surface area contributed by atoms with Crippen LogP contribution in [0.1, 0.15) is 22.9 Å². The molecule has 90 valence electrons. The molecule has 1 unspecified atom stereocenters. The second kappa shape index (κ2) is 3.95. The molecule has 0 radical (unpaired) electrons. The van der Waals surface area contributed by atoms with E-state index in [2.05, 4.69) is 0 Å². The van der Waals surface area contributed by atoms with Gasteiger partial charge in [0.2, 0.25) is 0 Å². The maximum Gasteiger partial charge on any atom is 0.307 e. The summed E-state index contributed by atoms with van der Waals surface area (Å²) in [5.41, 5.74) is 3.68. The van der Waals surface area contributed by atoms with E-state index >= 15 is 0 Å². The first-order valence-corrected chi connectivity index (χ1v) is 5.75. The van der Waals surface area contributed by atoms with Crippen LogP contribution in [0.4, 0.5) is 4.39 Å². The summed E-state index contributed by atoms with van der Waals surface area (Å²) in [6, 6.07) is 12.5. The van der Waals surface area contributed by atoms with E-state index in [0.717, 1.165) is 11.1 Å². The van der Waals surface area contributed by atoms with Gasteiger partial charge in [-0.2, -0.15) is 0 Å². The molecule has 3 heteroatoms. The molecule has 0 bridgehead atoms. The Morgan fingerprint density at radius 1 is 1.11 bits per heavy atom. The molecule has 0 aromatic heterocycles. The Morgan fingerprint density at radius 2 is 1.83 bits per heavy atom. The van der Waals surface area contributed by atoms with E-state index < -0.39 is 12.1 Å². The molecule has 2 aromatic carbocycles. The van der Waals surface area contributed by atoms with Crippen LogP contribution in [-0.2, 0) is 11.2 Å². The lowest BCUT2D eigenvalue weighted by atomic mass is 10.0. The highest BCUT2D eigenvalue weighted by Gasteiger charge is 2.28. The summed E-state index contributed by atoms with van der Waals surface area (Å²) >= 11 is 0. The van der Waals surface area contributed by atoms with Crippen LogP contribution < -0.4 is 0 Å². The van der Waals surface area contributed by atoms with Crippen LogP contribution in [0.25, 0.3) is 11.1 Å². The number of alkyl halides is 1. The fourth-order valence-corrected chi connectivity index (χ4v) is 2.47. The van der Waals surface area contributed by atoms with Gasteiger partial charge in [0.05, 0.1) is 6.42 Å². The monoisotopic (exact) mass is 242 g/mol. The van der Waals surface area contributed by atoms with E-state index in [4.69, 9.17) is 5.11 Å². The van der Waals surface area contributed by atoms with Gasteiger partial charge < -0.3 is 5.11 Å². The second-order valence-electron chi connectivity index (χ2n) is 4.44. The van der Waals surface area contributed by atoms with Gasteiger partial charge in [-0.05, 0) is 27.8 Å². The van der Waals surface area contributed by atoms with Gasteiger partial charge in [0, 0.05) is 0 Å². The van der Waals surface area contributed by atoms with Crippen molar-refractivity contribution in [2.75, 3.05) is 0 Å². The van der Waals surface area contributed by atoms with Gasteiger partial charge in [-0.3, -0.25) is 4.79 Å². The molecule has 0 heterocycles. The predicted molar refractivity (Wildman–Crippen MR) is 66.2 cm³/mol. The number of aliphatic carboxylic acids is 1. The quantitative estimate of drug-likeness (QED) is 0.876.